The van der Waals surface area contributed by atoms with Crippen LogP contribution in [0.5, 0.6) is 0 Å². The molecule has 0 amide bonds. The third-order valence-electron chi connectivity index (χ3n) is 5.34. The van der Waals surface area contributed by atoms with E-state index in [4.69, 9.17) is 9.15 Å². The first-order valence-electron chi connectivity index (χ1n) is 10.3. The van der Waals surface area contributed by atoms with Gasteiger partial charge in [0.2, 0.25) is 0 Å². The quantitative estimate of drug-likeness (QED) is 0.262. The van der Waals surface area contributed by atoms with Gasteiger partial charge < -0.3 is 9.15 Å². The Morgan fingerprint density at radius 3 is 2.85 bits per heavy atom. The molecule has 5 aromatic rings. The summed E-state index contributed by atoms with van der Waals surface area (Å²) in [7, 11) is 0. The summed E-state index contributed by atoms with van der Waals surface area (Å²) in [6.07, 6.45) is 2.17. The number of rotatable bonds is 6. The topological polar surface area (TPSA) is 91.4 Å². The summed E-state index contributed by atoms with van der Waals surface area (Å²) in [5.41, 5.74) is 2.07. The molecule has 7 nitrogen and oxygen atoms in total. The number of thiophene rings is 2. The average Bonchev–Trinajstić information content (AvgIpc) is 3.49. The zero-order valence-corrected chi connectivity index (χ0v) is 19.2. The lowest BCUT2D eigenvalue weighted by molar-refractivity contribution is -0.145. The highest BCUT2D eigenvalue weighted by Gasteiger charge is 2.16. The van der Waals surface area contributed by atoms with Gasteiger partial charge in [0.25, 0.3) is 5.56 Å². The molecule has 0 fully saturated rings. The molecule has 0 atom stereocenters. The van der Waals surface area contributed by atoms with Gasteiger partial charge in [-0.05, 0) is 29.5 Å². The van der Waals surface area contributed by atoms with Crippen LogP contribution >= 0.6 is 22.7 Å². The number of carbonyl (C=O) groups excluding carboxylic acids is 1. The third kappa shape index (κ3) is 4.12. The Kier molecular flexibility index (Phi) is 5.65. The molecule has 1 aromatic carbocycles. The lowest BCUT2D eigenvalue weighted by Gasteiger charge is -2.09. The number of benzene rings is 1. The molecule has 0 saturated carbocycles. The minimum absolute atomic E-state index is 0.101. The number of ether oxygens (including phenoxy) is 1. The highest BCUT2D eigenvalue weighted by molar-refractivity contribution is 7.18. The van der Waals surface area contributed by atoms with E-state index < -0.39 is 11.6 Å². The number of hydrogen-bond acceptors (Lipinski definition) is 8. The zero-order valence-electron chi connectivity index (χ0n) is 17.6. The van der Waals surface area contributed by atoms with Crippen LogP contribution in [0.15, 0.2) is 67.5 Å². The van der Waals surface area contributed by atoms with Gasteiger partial charge in [-0.25, -0.2) is 9.78 Å². The van der Waals surface area contributed by atoms with Crippen molar-refractivity contribution < 1.29 is 13.9 Å². The first-order valence-corrected chi connectivity index (χ1v) is 12.0. The number of fused-ring (bicyclic) bond motifs is 2. The molecule has 0 N–H and O–H groups in total. The fourth-order valence-corrected chi connectivity index (χ4v) is 5.37. The molecule has 4 heterocycles. The van der Waals surface area contributed by atoms with E-state index in [-0.39, 0.29) is 18.7 Å². The number of hydrogen-bond donors (Lipinski definition) is 0. The Balaban J connectivity index is 1.38. The van der Waals surface area contributed by atoms with Gasteiger partial charge in [0.1, 0.15) is 23.6 Å². The van der Waals surface area contributed by atoms with E-state index in [1.54, 1.807) is 0 Å². The Morgan fingerprint density at radius 2 is 2.06 bits per heavy atom. The lowest BCUT2D eigenvalue weighted by Crippen LogP contribution is -2.25. The first kappa shape index (κ1) is 21.3. The smallest absolute Gasteiger partial charge is 0.336 e. The van der Waals surface area contributed by atoms with Gasteiger partial charge in [-0.2, -0.15) is 0 Å². The number of aromatic nitrogens is 2. The monoisotopic (exact) mass is 478 g/mol. The molecule has 0 unspecified atom stereocenters. The van der Waals surface area contributed by atoms with Crippen molar-refractivity contribution in [2.45, 2.75) is 26.5 Å². The van der Waals surface area contributed by atoms with Gasteiger partial charge in [-0.15, -0.1) is 22.7 Å². The van der Waals surface area contributed by atoms with Crippen LogP contribution < -0.4 is 11.2 Å². The van der Waals surface area contributed by atoms with Gasteiger partial charge in [-0.3, -0.25) is 14.2 Å². The summed E-state index contributed by atoms with van der Waals surface area (Å²) >= 11 is 2.93. The second kappa shape index (κ2) is 8.76. The van der Waals surface area contributed by atoms with Gasteiger partial charge in [0.15, 0.2) is 0 Å². The van der Waals surface area contributed by atoms with Crippen LogP contribution in [0.1, 0.15) is 18.1 Å². The molecule has 33 heavy (non-hydrogen) atoms. The van der Waals surface area contributed by atoms with E-state index in [0.29, 0.717) is 26.7 Å². The van der Waals surface area contributed by atoms with E-state index in [1.807, 2.05) is 48.0 Å². The Bertz CT molecular complexity index is 1600. The molecule has 0 saturated heterocycles. The SMILES string of the molecule is CCc1ccc2c(COC(=O)Cn3cnc4scc(-c5cccs5)c4c3=O)cc(=O)oc2c1. The van der Waals surface area contributed by atoms with E-state index in [2.05, 4.69) is 4.98 Å². The molecule has 0 aliphatic heterocycles. The van der Waals surface area contributed by atoms with Gasteiger partial charge in [0.05, 0.1) is 11.7 Å². The van der Waals surface area contributed by atoms with Crippen LogP contribution in [0.4, 0.5) is 0 Å². The van der Waals surface area contributed by atoms with Crippen molar-refractivity contribution in [3.05, 3.63) is 85.4 Å². The Labute approximate surface area is 195 Å². The standard InChI is InChI=1S/C24H18N2O5S2/c1-2-14-5-6-16-15(9-20(27)31-18(16)8-14)11-30-21(28)10-26-13-25-23-22(24(26)29)17(12-33-23)19-4-3-7-32-19/h3-9,12-13H,2,10-11H2,1H3. The second-order valence-electron chi connectivity index (χ2n) is 7.42. The summed E-state index contributed by atoms with van der Waals surface area (Å²) in [6, 6.07) is 10.8. The van der Waals surface area contributed by atoms with Crippen molar-refractivity contribution in [3.8, 4) is 10.4 Å². The van der Waals surface area contributed by atoms with Gasteiger partial charge in [0, 0.05) is 32.8 Å². The fraction of sp³-hybridized carbons (Fsp3) is 0.167. The number of esters is 1. The number of carbonyl (C=O) groups is 1. The molecule has 5 rings (SSSR count). The van der Waals surface area contributed by atoms with Crippen LogP contribution in [-0.4, -0.2) is 15.5 Å². The van der Waals surface area contributed by atoms with Crippen molar-refractivity contribution in [1.29, 1.82) is 0 Å². The molecular weight excluding hydrogens is 460 g/mol. The molecule has 0 aliphatic rings. The van der Waals surface area contributed by atoms with E-state index in [0.717, 1.165) is 22.4 Å². The summed E-state index contributed by atoms with van der Waals surface area (Å²) in [5, 5.41) is 5.06. The highest BCUT2D eigenvalue weighted by Crippen LogP contribution is 2.33. The maximum absolute atomic E-state index is 13.1. The van der Waals surface area contributed by atoms with Crippen molar-refractivity contribution in [2.75, 3.05) is 0 Å². The van der Waals surface area contributed by atoms with E-state index in [9.17, 15) is 14.4 Å². The normalized spacial score (nSPS) is 11.3. The number of aryl methyl sites for hydroxylation is 1. The second-order valence-corrected chi connectivity index (χ2v) is 9.23. The Morgan fingerprint density at radius 1 is 1.18 bits per heavy atom. The highest BCUT2D eigenvalue weighted by atomic mass is 32.1. The maximum Gasteiger partial charge on any atom is 0.336 e. The number of nitrogens with zero attached hydrogens (tertiary/aromatic N) is 2. The average molecular weight is 479 g/mol. The summed E-state index contributed by atoms with van der Waals surface area (Å²) in [4.78, 5) is 43.5. The molecule has 0 spiro atoms. The summed E-state index contributed by atoms with van der Waals surface area (Å²) in [5.74, 6) is -0.599. The van der Waals surface area contributed by atoms with Crippen LogP contribution in [-0.2, 0) is 29.1 Å². The molecule has 0 radical (unpaired) electrons. The molecule has 0 aliphatic carbocycles. The van der Waals surface area contributed by atoms with Crippen LogP contribution in [0, 0.1) is 0 Å². The van der Waals surface area contributed by atoms with Crippen LogP contribution in [0.3, 0.4) is 0 Å². The first-order chi connectivity index (χ1) is 16.0. The predicted molar refractivity (Wildman–Crippen MR) is 129 cm³/mol. The van der Waals surface area contributed by atoms with Gasteiger partial charge >= 0.3 is 11.6 Å². The summed E-state index contributed by atoms with van der Waals surface area (Å²) < 4.78 is 11.9. The van der Waals surface area contributed by atoms with Crippen molar-refractivity contribution in [2.24, 2.45) is 0 Å². The summed E-state index contributed by atoms with van der Waals surface area (Å²) in [6.45, 7) is 1.63. The van der Waals surface area contributed by atoms with Crippen molar-refractivity contribution in [1.82, 2.24) is 9.55 Å². The molecule has 0 bridgehead atoms. The third-order valence-corrected chi connectivity index (χ3v) is 7.13. The fourth-order valence-electron chi connectivity index (χ4n) is 3.65. The molecular formula is C24H18N2O5S2. The van der Waals surface area contributed by atoms with Crippen LogP contribution in [0.25, 0.3) is 31.6 Å². The van der Waals surface area contributed by atoms with E-state index >= 15 is 0 Å². The van der Waals surface area contributed by atoms with Gasteiger partial charge in [-0.1, -0.05) is 25.1 Å². The van der Waals surface area contributed by atoms with E-state index in [1.165, 1.54) is 39.6 Å². The Hall–Kier alpha value is -3.56. The predicted octanol–water partition coefficient (Wildman–Crippen LogP) is 4.60. The maximum atomic E-state index is 13.1. The lowest BCUT2D eigenvalue weighted by atomic mass is 10.1. The molecule has 166 valence electrons. The zero-order chi connectivity index (χ0) is 22.9. The molecule has 9 heteroatoms. The minimum Gasteiger partial charge on any atom is -0.459 e. The minimum atomic E-state index is -0.599. The van der Waals surface area contributed by atoms with Crippen molar-refractivity contribution in [3.63, 3.8) is 0 Å². The molecule has 4 aromatic heterocycles. The van der Waals surface area contributed by atoms with Crippen molar-refractivity contribution >= 4 is 49.8 Å². The van der Waals surface area contributed by atoms with Crippen LogP contribution in [0.2, 0.25) is 0 Å². The largest absolute Gasteiger partial charge is 0.459 e.